The number of nitrogens with one attached hydrogen (secondary N) is 1. The summed E-state index contributed by atoms with van der Waals surface area (Å²) in [4.78, 5) is 11.2. The van der Waals surface area contributed by atoms with Gasteiger partial charge in [-0.15, -0.1) is 0 Å². The van der Waals surface area contributed by atoms with Crippen LogP contribution in [0.15, 0.2) is 28.7 Å². The van der Waals surface area contributed by atoms with Gasteiger partial charge in [0.1, 0.15) is 23.9 Å². The van der Waals surface area contributed by atoms with Crippen LogP contribution in [0.3, 0.4) is 0 Å². The summed E-state index contributed by atoms with van der Waals surface area (Å²) in [5.74, 6) is 2.48. The molecule has 112 valence electrons. The Morgan fingerprint density at radius 3 is 2.57 bits per heavy atom. The number of furan rings is 1. The van der Waals surface area contributed by atoms with Crippen molar-refractivity contribution in [3.05, 3.63) is 46.9 Å². The van der Waals surface area contributed by atoms with E-state index in [1.54, 1.807) is 12.1 Å². The zero-order chi connectivity index (χ0) is 15.4. The highest BCUT2D eigenvalue weighted by Crippen LogP contribution is 2.23. The van der Waals surface area contributed by atoms with Gasteiger partial charge in [-0.3, -0.25) is 5.32 Å². The van der Waals surface area contributed by atoms with Crippen molar-refractivity contribution in [3.63, 3.8) is 0 Å². The quantitative estimate of drug-likeness (QED) is 0.925. The third kappa shape index (κ3) is 3.78. The summed E-state index contributed by atoms with van der Waals surface area (Å²) in [6, 6.07) is 7.43. The second-order valence-corrected chi connectivity index (χ2v) is 4.82. The van der Waals surface area contributed by atoms with E-state index in [0.29, 0.717) is 12.3 Å². The molecule has 5 nitrogen and oxygen atoms in total. The fraction of sp³-hybridized carbons (Fsp3) is 0.312. The van der Waals surface area contributed by atoms with Crippen molar-refractivity contribution in [1.82, 2.24) is 0 Å². The predicted molar refractivity (Wildman–Crippen MR) is 79.7 cm³/mol. The fourth-order valence-corrected chi connectivity index (χ4v) is 2.02. The molecule has 0 atom stereocenters. The van der Waals surface area contributed by atoms with Crippen LogP contribution in [-0.4, -0.2) is 13.2 Å². The molecule has 1 aromatic heterocycles. The van der Waals surface area contributed by atoms with Crippen LogP contribution in [0.4, 0.5) is 10.5 Å². The van der Waals surface area contributed by atoms with Crippen LogP contribution in [0.2, 0.25) is 0 Å². The Morgan fingerprint density at radius 2 is 2.00 bits per heavy atom. The van der Waals surface area contributed by atoms with Gasteiger partial charge in [0.25, 0.3) is 0 Å². The van der Waals surface area contributed by atoms with Gasteiger partial charge in [-0.25, -0.2) is 4.79 Å². The minimum Gasteiger partial charge on any atom is -0.489 e. The maximum absolute atomic E-state index is 11.2. The number of benzene rings is 1. The number of ether oxygens (including phenoxy) is 2. The van der Waals surface area contributed by atoms with Gasteiger partial charge in [-0.2, -0.15) is 0 Å². The maximum Gasteiger partial charge on any atom is 0.411 e. The summed E-state index contributed by atoms with van der Waals surface area (Å²) in [6.07, 6.45) is -0.490. The van der Waals surface area contributed by atoms with Crippen molar-refractivity contribution in [2.45, 2.75) is 27.4 Å². The Bertz CT molecular complexity index is 646. The van der Waals surface area contributed by atoms with Gasteiger partial charge in [-0.1, -0.05) is 0 Å². The lowest BCUT2D eigenvalue weighted by atomic mass is 10.2. The Hall–Kier alpha value is -2.43. The lowest BCUT2D eigenvalue weighted by Gasteiger charge is -2.10. The summed E-state index contributed by atoms with van der Waals surface area (Å²) in [5, 5.41) is 2.64. The highest BCUT2D eigenvalue weighted by Gasteiger charge is 2.08. The van der Waals surface area contributed by atoms with Gasteiger partial charge >= 0.3 is 6.09 Å². The number of hydrogen-bond donors (Lipinski definition) is 1. The minimum atomic E-state index is -0.490. The Kier molecular flexibility index (Phi) is 4.52. The third-order valence-electron chi connectivity index (χ3n) is 3.16. The van der Waals surface area contributed by atoms with E-state index in [-0.39, 0.29) is 0 Å². The molecule has 0 aliphatic rings. The molecule has 1 amide bonds. The monoisotopic (exact) mass is 289 g/mol. The minimum absolute atomic E-state index is 0.451. The van der Waals surface area contributed by atoms with Crippen molar-refractivity contribution in [3.8, 4) is 5.75 Å². The Balaban J connectivity index is 2.03. The Labute approximate surface area is 123 Å². The van der Waals surface area contributed by atoms with E-state index >= 15 is 0 Å². The van der Waals surface area contributed by atoms with Crippen molar-refractivity contribution in [2.24, 2.45) is 0 Å². The molecule has 1 aromatic carbocycles. The standard InChI is InChI=1S/C16H19NO4/c1-10-7-14(5-6-15(10)17-16(18)19-4)20-9-13-8-11(2)21-12(13)3/h5-8H,9H2,1-4H3,(H,17,18). The molecule has 0 unspecified atom stereocenters. The number of hydrogen-bond acceptors (Lipinski definition) is 4. The van der Waals surface area contributed by atoms with Crippen LogP contribution in [0.1, 0.15) is 22.6 Å². The summed E-state index contributed by atoms with van der Waals surface area (Å²) >= 11 is 0. The molecule has 1 N–H and O–H groups in total. The van der Waals surface area contributed by atoms with Crippen LogP contribution in [-0.2, 0) is 11.3 Å². The number of carbonyl (C=O) groups is 1. The lowest BCUT2D eigenvalue weighted by Crippen LogP contribution is -2.11. The first-order valence-corrected chi connectivity index (χ1v) is 6.64. The zero-order valence-corrected chi connectivity index (χ0v) is 12.6. The summed E-state index contributed by atoms with van der Waals surface area (Å²) in [5.41, 5.74) is 2.63. The van der Waals surface area contributed by atoms with Gasteiger partial charge in [0.05, 0.1) is 7.11 Å². The number of rotatable bonds is 4. The first-order valence-electron chi connectivity index (χ1n) is 6.64. The number of amides is 1. The van der Waals surface area contributed by atoms with E-state index in [1.807, 2.05) is 32.9 Å². The SMILES string of the molecule is COC(=O)Nc1ccc(OCc2cc(C)oc2C)cc1C. The number of aryl methyl sites for hydroxylation is 3. The third-order valence-corrected chi connectivity index (χ3v) is 3.16. The number of methoxy groups -OCH3 is 1. The van der Waals surface area contributed by atoms with Crippen molar-refractivity contribution >= 4 is 11.8 Å². The highest BCUT2D eigenvalue weighted by atomic mass is 16.5. The van der Waals surface area contributed by atoms with E-state index in [0.717, 1.165) is 28.4 Å². The molecule has 0 saturated carbocycles. The van der Waals surface area contributed by atoms with Gasteiger partial charge < -0.3 is 13.9 Å². The molecular formula is C16H19NO4. The van der Waals surface area contributed by atoms with Crippen molar-refractivity contribution in [2.75, 3.05) is 12.4 Å². The molecule has 5 heteroatoms. The smallest absolute Gasteiger partial charge is 0.411 e. The summed E-state index contributed by atoms with van der Waals surface area (Å²) in [6.45, 7) is 6.17. The van der Waals surface area contributed by atoms with E-state index in [4.69, 9.17) is 9.15 Å². The highest BCUT2D eigenvalue weighted by molar-refractivity contribution is 5.85. The van der Waals surface area contributed by atoms with Crippen LogP contribution < -0.4 is 10.1 Å². The van der Waals surface area contributed by atoms with E-state index in [9.17, 15) is 4.79 Å². The summed E-state index contributed by atoms with van der Waals surface area (Å²) in [7, 11) is 1.33. The molecular weight excluding hydrogens is 270 g/mol. The molecule has 0 aliphatic heterocycles. The second kappa shape index (κ2) is 6.35. The van der Waals surface area contributed by atoms with Crippen LogP contribution in [0, 0.1) is 20.8 Å². The summed E-state index contributed by atoms with van der Waals surface area (Å²) < 4.78 is 15.8. The van der Waals surface area contributed by atoms with Crippen LogP contribution >= 0.6 is 0 Å². The molecule has 2 rings (SSSR count). The van der Waals surface area contributed by atoms with Gasteiger partial charge in [-0.05, 0) is 50.6 Å². The average molecular weight is 289 g/mol. The molecule has 1 heterocycles. The second-order valence-electron chi connectivity index (χ2n) is 4.82. The molecule has 0 radical (unpaired) electrons. The van der Waals surface area contributed by atoms with Crippen molar-refractivity contribution < 1.29 is 18.7 Å². The topological polar surface area (TPSA) is 60.7 Å². The van der Waals surface area contributed by atoms with Crippen molar-refractivity contribution in [1.29, 1.82) is 0 Å². The van der Waals surface area contributed by atoms with E-state index in [2.05, 4.69) is 10.1 Å². The lowest BCUT2D eigenvalue weighted by molar-refractivity contribution is 0.187. The average Bonchev–Trinajstić information content (AvgIpc) is 2.77. The maximum atomic E-state index is 11.2. The first-order chi connectivity index (χ1) is 9.99. The zero-order valence-electron chi connectivity index (χ0n) is 12.6. The molecule has 0 saturated heterocycles. The van der Waals surface area contributed by atoms with Gasteiger partial charge in [0.15, 0.2) is 0 Å². The van der Waals surface area contributed by atoms with Crippen LogP contribution in [0.25, 0.3) is 0 Å². The fourth-order valence-electron chi connectivity index (χ4n) is 2.02. The normalized spacial score (nSPS) is 10.3. The number of anilines is 1. The molecule has 0 bridgehead atoms. The van der Waals surface area contributed by atoms with E-state index in [1.165, 1.54) is 7.11 Å². The van der Waals surface area contributed by atoms with E-state index < -0.39 is 6.09 Å². The molecule has 0 spiro atoms. The Morgan fingerprint density at radius 1 is 1.24 bits per heavy atom. The van der Waals surface area contributed by atoms with Gasteiger partial charge in [0.2, 0.25) is 0 Å². The van der Waals surface area contributed by atoms with Gasteiger partial charge in [0, 0.05) is 11.3 Å². The first kappa shape index (κ1) is 15.0. The largest absolute Gasteiger partial charge is 0.489 e. The molecule has 0 fully saturated rings. The molecule has 21 heavy (non-hydrogen) atoms. The molecule has 2 aromatic rings. The van der Waals surface area contributed by atoms with Crippen LogP contribution in [0.5, 0.6) is 5.75 Å². The predicted octanol–water partition coefficient (Wildman–Crippen LogP) is 3.96. The number of carbonyl (C=O) groups excluding carboxylic acids is 1. The molecule has 0 aliphatic carbocycles.